The van der Waals surface area contributed by atoms with Gasteiger partial charge in [-0.2, -0.15) is 0 Å². The molecule has 0 fully saturated rings. The van der Waals surface area contributed by atoms with Crippen molar-refractivity contribution in [1.29, 1.82) is 0 Å². The largest absolute Gasteiger partial charge is 0.366 e. The van der Waals surface area contributed by atoms with E-state index in [9.17, 15) is 14.4 Å². The van der Waals surface area contributed by atoms with Crippen molar-refractivity contribution in [2.75, 3.05) is 0 Å². The summed E-state index contributed by atoms with van der Waals surface area (Å²) in [6.45, 7) is 1.70. The number of aryl methyl sites for hydroxylation is 1. The molecule has 6 nitrogen and oxygen atoms in total. The molecule has 1 aliphatic heterocycles. The maximum atomic E-state index is 12.6. The van der Waals surface area contributed by atoms with Gasteiger partial charge < -0.3 is 9.82 Å². The fraction of sp³-hybridized carbons (Fsp3) is 0.0556. The Morgan fingerprint density at radius 1 is 1.08 bits per heavy atom. The van der Waals surface area contributed by atoms with Gasteiger partial charge in [0, 0.05) is 21.6 Å². The van der Waals surface area contributed by atoms with Crippen LogP contribution in [0.5, 0.6) is 0 Å². The number of fused-ring (bicyclic) bond motifs is 2. The third kappa shape index (κ3) is 2.30. The number of nitrogens with zero attached hydrogens (tertiary/aromatic N) is 1. The van der Waals surface area contributed by atoms with Crippen LogP contribution in [0.15, 0.2) is 42.5 Å². The molecule has 0 radical (unpaired) electrons. The first-order valence-corrected chi connectivity index (χ1v) is 7.83. The zero-order chi connectivity index (χ0) is 17.7. The van der Waals surface area contributed by atoms with Crippen molar-refractivity contribution in [1.82, 2.24) is 10.0 Å². The topological polar surface area (TPSA) is 79.5 Å². The summed E-state index contributed by atoms with van der Waals surface area (Å²) in [6.07, 6.45) is 0. The quantitative estimate of drug-likeness (QED) is 0.714. The highest BCUT2D eigenvalue weighted by Crippen LogP contribution is 2.28. The van der Waals surface area contributed by atoms with E-state index in [0.717, 1.165) is 0 Å². The average Bonchev–Trinajstić information content (AvgIpc) is 3.04. The molecule has 0 unspecified atom stereocenters. The van der Waals surface area contributed by atoms with E-state index in [2.05, 4.69) is 4.98 Å². The van der Waals surface area contributed by atoms with Gasteiger partial charge in [0.2, 0.25) is 0 Å². The Kier molecular flexibility index (Phi) is 3.36. The maximum Gasteiger partial charge on any atom is 0.366 e. The minimum Gasteiger partial charge on any atom is -0.358 e. The Balaban J connectivity index is 1.70. The van der Waals surface area contributed by atoms with Crippen LogP contribution < -0.4 is 0 Å². The molecule has 124 valence electrons. The predicted molar refractivity (Wildman–Crippen MR) is 90.4 cm³/mol. The summed E-state index contributed by atoms with van der Waals surface area (Å²) >= 11 is 6.00. The molecule has 0 aliphatic carbocycles. The lowest BCUT2D eigenvalue weighted by molar-refractivity contribution is -0.0583. The second-order valence-electron chi connectivity index (χ2n) is 5.64. The Hall–Kier alpha value is -3.12. The number of hydrogen-bond donors (Lipinski definition) is 1. The fourth-order valence-corrected chi connectivity index (χ4v) is 3.11. The molecule has 0 spiro atoms. The predicted octanol–water partition coefficient (Wildman–Crippen LogP) is 3.50. The highest BCUT2D eigenvalue weighted by atomic mass is 35.5. The van der Waals surface area contributed by atoms with Gasteiger partial charge in [-0.1, -0.05) is 28.8 Å². The van der Waals surface area contributed by atoms with E-state index in [1.54, 1.807) is 37.3 Å². The average molecular weight is 355 g/mol. The lowest BCUT2D eigenvalue weighted by atomic mass is 10.1. The molecule has 4 rings (SSSR count). The van der Waals surface area contributed by atoms with Crippen LogP contribution in [0.3, 0.4) is 0 Å². The van der Waals surface area contributed by atoms with Crippen LogP contribution in [0, 0.1) is 6.92 Å². The standard InChI is InChI=1S/C18H11ClN2O4/c1-9-15(13-8-10(19)6-7-14(13)20-9)18(24)25-21-16(22)11-4-2-3-5-12(11)17(21)23/h2-8,20H,1H3. The number of rotatable bonds is 2. The summed E-state index contributed by atoms with van der Waals surface area (Å²) < 4.78 is 0. The van der Waals surface area contributed by atoms with Gasteiger partial charge in [-0.25, -0.2) is 4.79 Å². The van der Waals surface area contributed by atoms with Crippen molar-refractivity contribution in [3.63, 3.8) is 0 Å². The molecule has 1 aromatic heterocycles. The number of amides is 2. The summed E-state index contributed by atoms with van der Waals surface area (Å²) in [5.74, 6) is -2.13. The second-order valence-corrected chi connectivity index (χ2v) is 6.08. The van der Waals surface area contributed by atoms with Crippen LogP contribution in [0.1, 0.15) is 36.8 Å². The van der Waals surface area contributed by atoms with Crippen molar-refractivity contribution < 1.29 is 19.2 Å². The zero-order valence-electron chi connectivity index (χ0n) is 13.0. The molecule has 1 aliphatic rings. The van der Waals surface area contributed by atoms with Gasteiger partial charge in [0.05, 0.1) is 16.7 Å². The summed E-state index contributed by atoms with van der Waals surface area (Å²) in [5, 5.41) is 1.52. The third-order valence-corrected chi connectivity index (χ3v) is 4.32. The van der Waals surface area contributed by atoms with Gasteiger partial charge in [0.1, 0.15) is 0 Å². The monoisotopic (exact) mass is 354 g/mol. The molecule has 25 heavy (non-hydrogen) atoms. The number of benzene rings is 2. The first-order valence-electron chi connectivity index (χ1n) is 7.45. The van der Waals surface area contributed by atoms with E-state index in [1.807, 2.05) is 0 Å². The van der Waals surface area contributed by atoms with Gasteiger partial charge >= 0.3 is 5.97 Å². The van der Waals surface area contributed by atoms with E-state index >= 15 is 0 Å². The van der Waals surface area contributed by atoms with Gasteiger partial charge in [0.25, 0.3) is 11.8 Å². The fourth-order valence-electron chi connectivity index (χ4n) is 2.94. The van der Waals surface area contributed by atoms with E-state index in [-0.39, 0.29) is 16.7 Å². The first kappa shape index (κ1) is 15.4. The second kappa shape index (κ2) is 5.46. The zero-order valence-corrected chi connectivity index (χ0v) is 13.8. The van der Waals surface area contributed by atoms with Crippen LogP contribution >= 0.6 is 11.6 Å². The van der Waals surface area contributed by atoms with Crippen LogP contribution in [-0.2, 0) is 4.84 Å². The van der Waals surface area contributed by atoms with Crippen molar-refractivity contribution in [2.45, 2.75) is 6.92 Å². The molecule has 0 saturated heterocycles. The molecular formula is C18H11ClN2O4. The number of hydroxylamine groups is 2. The van der Waals surface area contributed by atoms with E-state index in [1.165, 1.54) is 12.1 Å². The van der Waals surface area contributed by atoms with Crippen molar-refractivity contribution in [3.05, 3.63) is 69.9 Å². The summed E-state index contributed by atoms with van der Waals surface area (Å²) in [7, 11) is 0. The van der Waals surface area contributed by atoms with Gasteiger partial charge in [-0.15, -0.1) is 0 Å². The maximum absolute atomic E-state index is 12.6. The molecule has 2 heterocycles. The molecule has 2 aromatic carbocycles. The highest BCUT2D eigenvalue weighted by molar-refractivity contribution is 6.31. The van der Waals surface area contributed by atoms with E-state index in [0.29, 0.717) is 26.7 Å². The number of imide groups is 1. The lowest BCUT2D eigenvalue weighted by Crippen LogP contribution is -2.32. The van der Waals surface area contributed by atoms with Crippen LogP contribution in [0.4, 0.5) is 0 Å². The lowest BCUT2D eigenvalue weighted by Gasteiger charge is -2.12. The van der Waals surface area contributed by atoms with Crippen molar-refractivity contribution >= 4 is 40.3 Å². The number of aromatic amines is 1. The molecule has 0 saturated carbocycles. The smallest absolute Gasteiger partial charge is 0.358 e. The molecule has 3 aromatic rings. The Labute approximate surface area is 146 Å². The Bertz CT molecular complexity index is 1040. The van der Waals surface area contributed by atoms with Crippen LogP contribution in [-0.4, -0.2) is 27.8 Å². The molecule has 0 bridgehead atoms. The molecule has 0 atom stereocenters. The molecule has 7 heteroatoms. The number of carbonyl (C=O) groups is 3. The first-order chi connectivity index (χ1) is 12.0. The number of nitrogens with one attached hydrogen (secondary N) is 1. The van der Waals surface area contributed by atoms with E-state index in [4.69, 9.17) is 16.4 Å². The van der Waals surface area contributed by atoms with Gasteiger partial charge in [-0.05, 0) is 37.3 Å². The minimum absolute atomic E-state index is 0.207. The molecular weight excluding hydrogens is 344 g/mol. The van der Waals surface area contributed by atoms with Gasteiger partial charge in [0.15, 0.2) is 0 Å². The number of carbonyl (C=O) groups excluding carboxylic acids is 3. The highest BCUT2D eigenvalue weighted by Gasteiger charge is 2.39. The number of H-pyrrole nitrogens is 1. The normalized spacial score (nSPS) is 13.4. The van der Waals surface area contributed by atoms with E-state index < -0.39 is 17.8 Å². The third-order valence-electron chi connectivity index (χ3n) is 4.08. The summed E-state index contributed by atoms with van der Waals surface area (Å²) in [6, 6.07) is 11.4. The van der Waals surface area contributed by atoms with Crippen LogP contribution in [0.25, 0.3) is 10.9 Å². The number of aromatic nitrogens is 1. The summed E-state index contributed by atoms with van der Waals surface area (Å²) in [5.41, 5.74) is 1.90. The Morgan fingerprint density at radius 3 is 2.36 bits per heavy atom. The van der Waals surface area contributed by atoms with Crippen molar-refractivity contribution in [3.8, 4) is 0 Å². The number of hydrogen-bond acceptors (Lipinski definition) is 4. The SMILES string of the molecule is Cc1[nH]c2ccc(Cl)cc2c1C(=O)ON1C(=O)c2ccccc2C1=O. The number of halogens is 1. The summed E-state index contributed by atoms with van der Waals surface area (Å²) in [4.78, 5) is 45.4. The van der Waals surface area contributed by atoms with Crippen LogP contribution in [0.2, 0.25) is 5.02 Å². The Morgan fingerprint density at radius 2 is 1.72 bits per heavy atom. The molecule has 1 N–H and O–H groups in total. The van der Waals surface area contributed by atoms with Crippen molar-refractivity contribution in [2.24, 2.45) is 0 Å². The molecule has 2 amide bonds. The minimum atomic E-state index is -0.805. The van der Waals surface area contributed by atoms with Gasteiger partial charge in [-0.3, -0.25) is 9.59 Å².